The second-order valence-electron chi connectivity index (χ2n) is 7.41. The summed E-state index contributed by atoms with van der Waals surface area (Å²) in [5.74, 6) is 0.630. The SMILES string of the molecule is COC1CCC(Nc2ncc3c(n2)n(C2CCCC2)c(=O)n3C)CC1. The Kier molecular flexibility index (Phi) is 4.50. The first-order chi connectivity index (χ1) is 12.2. The lowest BCUT2D eigenvalue weighted by Crippen LogP contribution is -2.30. The first kappa shape index (κ1) is 16.6. The lowest BCUT2D eigenvalue weighted by molar-refractivity contribution is 0.0681. The number of nitrogens with one attached hydrogen (secondary N) is 1. The quantitative estimate of drug-likeness (QED) is 0.922. The first-order valence-corrected chi connectivity index (χ1v) is 9.40. The Morgan fingerprint density at radius 1 is 1.16 bits per heavy atom. The van der Waals surface area contributed by atoms with E-state index in [0.717, 1.165) is 49.7 Å². The molecular weight excluding hydrogens is 318 g/mol. The molecule has 7 heteroatoms. The molecule has 0 aliphatic heterocycles. The molecule has 0 bridgehead atoms. The molecule has 4 rings (SSSR count). The summed E-state index contributed by atoms with van der Waals surface area (Å²) in [6.45, 7) is 0. The van der Waals surface area contributed by atoms with E-state index in [1.807, 2.05) is 4.57 Å². The molecule has 7 nitrogen and oxygen atoms in total. The third kappa shape index (κ3) is 3.05. The van der Waals surface area contributed by atoms with Gasteiger partial charge in [0.15, 0.2) is 5.65 Å². The van der Waals surface area contributed by atoms with Crippen LogP contribution in [-0.4, -0.2) is 38.4 Å². The average Bonchev–Trinajstić information content (AvgIpc) is 3.23. The lowest BCUT2D eigenvalue weighted by atomic mass is 9.93. The molecule has 2 aliphatic carbocycles. The van der Waals surface area contributed by atoms with Crippen LogP contribution in [0.4, 0.5) is 5.95 Å². The fourth-order valence-corrected chi connectivity index (χ4v) is 4.32. The van der Waals surface area contributed by atoms with Crippen molar-refractivity contribution in [3.05, 3.63) is 16.7 Å². The first-order valence-electron chi connectivity index (χ1n) is 9.40. The van der Waals surface area contributed by atoms with Crippen molar-refractivity contribution in [2.45, 2.75) is 69.6 Å². The number of ether oxygens (including phenoxy) is 1. The topological polar surface area (TPSA) is 74.0 Å². The van der Waals surface area contributed by atoms with Crippen LogP contribution in [0.3, 0.4) is 0 Å². The molecule has 0 unspecified atom stereocenters. The van der Waals surface area contributed by atoms with Crippen LogP contribution < -0.4 is 11.0 Å². The zero-order chi connectivity index (χ0) is 17.4. The van der Waals surface area contributed by atoms with Gasteiger partial charge in [-0.3, -0.25) is 9.13 Å². The molecule has 25 heavy (non-hydrogen) atoms. The van der Waals surface area contributed by atoms with Gasteiger partial charge in [0.1, 0.15) is 5.52 Å². The van der Waals surface area contributed by atoms with Gasteiger partial charge < -0.3 is 10.1 Å². The predicted octanol–water partition coefficient (Wildman–Crippen LogP) is 2.61. The van der Waals surface area contributed by atoms with E-state index in [-0.39, 0.29) is 11.7 Å². The summed E-state index contributed by atoms with van der Waals surface area (Å²) in [4.78, 5) is 21.8. The molecule has 2 aliphatic rings. The van der Waals surface area contributed by atoms with E-state index in [2.05, 4.69) is 10.3 Å². The summed E-state index contributed by atoms with van der Waals surface area (Å²) in [6, 6.07) is 0.648. The average molecular weight is 345 g/mol. The number of hydrogen-bond donors (Lipinski definition) is 1. The van der Waals surface area contributed by atoms with Gasteiger partial charge in [0.05, 0.1) is 12.3 Å². The maximum Gasteiger partial charge on any atom is 0.330 e. The van der Waals surface area contributed by atoms with Crippen LogP contribution in [0.1, 0.15) is 57.4 Å². The largest absolute Gasteiger partial charge is 0.381 e. The predicted molar refractivity (Wildman–Crippen MR) is 96.9 cm³/mol. The van der Waals surface area contributed by atoms with E-state index >= 15 is 0 Å². The minimum Gasteiger partial charge on any atom is -0.381 e. The zero-order valence-corrected chi connectivity index (χ0v) is 15.1. The minimum atomic E-state index is 0.0222. The van der Waals surface area contributed by atoms with E-state index in [9.17, 15) is 4.79 Å². The number of fused-ring (bicyclic) bond motifs is 1. The third-order valence-corrected chi connectivity index (χ3v) is 5.86. The van der Waals surface area contributed by atoms with Crippen LogP contribution in [0.2, 0.25) is 0 Å². The van der Waals surface area contributed by atoms with Crippen LogP contribution in [0, 0.1) is 0 Å². The standard InChI is InChI=1S/C18H27N5O2/c1-22-15-11-19-17(20-12-7-9-14(25-2)10-8-12)21-16(15)23(18(22)24)13-5-3-4-6-13/h11-14H,3-10H2,1-2H3,(H,19,20,21). The number of aromatic nitrogens is 4. The molecular formula is C18H27N5O2. The van der Waals surface area contributed by atoms with Gasteiger partial charge in [0.2, 0.25) is 5.95 Å². The Balaban J connectivity index is 1.61. The normalized spacial score (nSPS) is 24.9. The molecule has 1 N–H and O–H groups in total. The van der Waals surface area contributed by atoms with Gasteiger partial charge in [-0.1, -0.05) is 12.8 Å². The highest BCUT2D eigenvalue weighted by Crippen LogP contribution is 2.31. The van der Waals surface area contributed by atoms with Gasteiger partial charge in [0.25, 0.3) is 0 Å². The molecule has 0 amide bonds. The summed E-state index contributed by atoms with van der Waals surface area (Å²) >= 11 is 0. The Bertz CT molecular complexity index is 798. The van der Waals surface area contributed by atoms with Crippen LogP contribution in [-0.2, 0) is 11.8 Å². The molecule has 2 heterocycles. The van der Waals surface area contributed by atoms with Crippen molar-refractivity contribution < 1.29 is 4.74 Å². The Morgan fingerprint density at radius 3 is 2.56 bits per heavy atom. The molecule has 0 aromatic carbocycles. The highest BCUT2D eigenvalue weighted by molar-refractivity contribution is 5.72. The molecule has 0 atom stereocenters. The number of imidazole rings is 1. The van der Waals surface area contributed by atoms with E-state index in [1.165, 1.54) is 12.8 Å². The van der Waals surface area contributed by atoms with Crippen LogP contribution in [0.15, 0.2) is 11.0 Å². The summed E-state index contributed by atoms with van der Waals surface area (Å²) in [5.41, 5.74) is 1.60. The number of methoxy groups -OCH3 is 1. The van der Waals surface area contributed by atoms with Crippen molar-refractivity contribution in [1.82, 2.24) is 19.1 Å². The van der Waals surface area contributed by atoms with Crippen LogP contribution in [0.25, 0.3) is 11.2 Å². The molecule has 0 spiro atoms. The van der Waals surface area contributed by atoms with Crippen LogP contribution >= 0.6 is 0 Å². The monoisotopic (exact) mass is 345 g/mol. The van der Waals surface area contributed by atoms with Crippen molar-refractivity contribution in [2.75, 3.05) is 12.4 Å². The fourth-order valence-electron chi connectivity index (χ4n) is 4.32. The van der Waals surface area contributed by atoms with E-state index < -0.39 is 0 Å². The number of hydrogen-bond acceptors (Lipinski definition) is 5. The molecule has 136 valence electrons. The zero-order valence-electron chi connectivity index (χ0n) is 15.1. The molecule has 2 saturated carbocycles. The molecule has 2 aromatic heterocycles. The summed E-state index contributed by atoms with van der Waals surface area (Å²) in [5, 5.41) is 3.46. The second-order valence-corrected chi connectivity index (χ2v) is 7.41. The highest BCUT2D eigenvalue weighted by Gasteiger charge is 2.25. The van der Waals surface area contributed by atoms with Crippen molar-refractivity contribution in [3.8, 4) is 0 Å². The highest BCUT2D eigenvalue weighted by atomic mass is 16.5. The Morgan fingerprint density at radius 2 is 1.88 bits per heavy atom. The van der Waals surface area contributed by atoms with E-state index in [4.69, 9.17) is 9.72 Å². The van der Waals surface area contributed by atoms with Gasteiger partial charge in [-0.15, -0.1) is 0 Å². The lowest BCUT2D eigenvalue weighted by Gasteiger charge is -2.28. The van der Waals surface area contributed by atoms with Gasteiger partial charge in [-0.25, -0.2) is 9.78 Å². The summed E-state index contributed by atoms with van der Waals surface area (Å²) in [6.07, 6.45) is 10.9. The van der Waals surface area contributed by atoms with Gasteiger partial charge in [-0.05, 0) is 38.5 Å². The van der Waals surface area contributed by atoms with Gasteiger partial charge in [-0.2, -0.15) is 4.98 Å². The van der Waals surface area contributed by atoms with Crippen LogP contribution in [0.5, 0.6) is 0 Å². The van der Waals surface area contributed by atoms with Gasteiger partial charge >= 0.3 is 5.69 Å². The summed E-state index contributed by atoms with van der Waals surface area (Å²) in [7, 11) is 3.59. The fraction of sp³-hybridized carbons (Fsp3) is 0.722. The molecule has 0 saturated heterocycles. The second kappa shape index (κ2) is 6.78. The third-order valence-electron chi connectivity index (χ3n) is 5.86. The Hall–Kier alpha value is -1.89. The molecule has 0 radical (unpaired) electrons. The molecule has 2 fully saturated rings. The number of nitrogens with zero attached hydrogens (tertiary/aromatic N) is 4. The number of anilines is 1. The van der Waals surface area contributed by atoms with Crippen molar-refractivity contribution in [2.24, 2.45) is 7.05 Å². The number of aryl methyl sites for hydroxylation is 1. The summed E-state index contributed by atoms with van der Waals surface area (Å²) < 4.78 is 8.99. The van der Waals surface area contributed by atoms with Crippen molar-refractivity contribution in [1.29, 1.82) is 0 Å². The maximum atomic E-state index is 12.7. The van der Waals surface area contributed by atoms with E-state index in [1.54, 1.807) is 24.9 Å². The van der Waals surface area contributed by atoms with Crippen molar-refractivity contribution >= 4 is 17.1 Å². The molecule has 2 aromatic rings. The van der Waals surface area contributed by atoms with Crippen molar-refractivity contribution in [3.63, 3.8) is 0 Å². The Labute approximate surface area is 147 Å². The maximum absolute atomic E-state index is 12.7. The van der Waals surface area contributed by atoms with Gasteiger partial charge in [0, 0.05) is 26.2 Å². The van der Waals surface area contributed by atoms with E-state index in [0.29, 0.717) is 18.1 Å². The number of rotatable bonds is 4. The smallest absolute Gasteiger partial charge is 0.330 e. The minimum absolute atomic E-state index is 0.0222.